The fourth-order valence-electron chi connectivity index (χ4n) is 3.18. The molecule has 0 saturated heterocycles. The summed E-state index contributed by atoms with van der Waals surface area (Å²) in [6.45, 7) is 3.68. The Balaban J connectivity index is 1.64. The molecule has 0 amide bonds. The van der Waals surface area contributed by atoms with Gasteiger partial charge in [0.25, 0.3) is 0 Å². The molecule has 3 aromatic rings. The van der Waals surface area contributed by atoms with Crippen LogP contribution >= 0.6 is 0 Å². The smallest absolute Gasteiger partial charge is 0.164 e. The van der Waals surface area contributed by atoms with Crippen molar-refractivity contribution in [2.45, 2.75) is 19.9 Å². The molecule has 0 atom stereocenters. The molecule has 26 heavy (non-hydrogen) atoms. The van der Waals surface area contributed by atoms with E-state index in [-0.39, 0.29) is 0 Å². The minimum Gasteiger partial charge on any atom is -0.496 e. The third-order valence-corrected chi connectivity index (χ3v) is 4.60. The van der Waals surface area contributed by atoms with Crippen LogP contribution in [0.15, 0.2) is 36.5 Å². The molecule has 0 aliphatic heterocycles. The molecule has 0 saturated carbocycles. The van der Waals surface area contributed by atoms with Gasteiger partial charge in [-0.25, -0.2) is 0 Å². The summed E-state index contributed by atoms with van der Waals surface area (Å²) >= 11 is 0. The van der Waals surface area contributed by atoms with Crippen LogP contribution in [-0.2, 0) is 13.0 Å². The number of fused-ring (bicyclic) bond motifs is 1. The monoisotopic (exact) mass is 354 g/mol. The Bertz CT molecular complexity index is 886. The second kappa shape index (κ2) is 8.15. The number of aryl methyl sites for hydroxylation is 1. The number of nitrogens with one attached hydrogen (secondary N) is 2. The molecule has 1 heterocycles. The maximum atomic E-state index is 5.48. The third-order valence-electron chi connectivity index (χ3n) is 4.60. The van der Waals surface area contributed by atoms with Crippen LogP contribution in [0, 0.1) is 6.92 Å². The Morgan fingerprint density at radius 3 is 2.35 bits per heavy atom. The molecule has 2 aromatic carbocycles. The van der Waals surface area contributed by atoms with E-state index >= 15 is 0 Å². The van der Waals surface area contributed by atoms with Crippen LogP contribution in [0.3, 0.4) is 0 Å². The molecule has 0 aliphatic carbocycles. The van der Waals surface area contributed by atoms with Crippen molar-refractivity contribution in [2.75, 3.05) is 27.9 Å². The second-order valence-corrected chi connectivity index (χ2v) is 6.31. The fourth-order valence-corrected chi connectivity index (χ4v) is 3.18. The molecule has 5 heteroatoms. The van der Waals surface area contributed by atoms with E-state index in [9.17, 15) is 0 Å². The van der Waals surface area contributed by atoms with E-state index in [1.807, 2.05) is 12.1 Å². The lowest BCUT2D eigenvalue weighted by molar-refractivity contribution is 0.347. The Hall–Kier alpha value is -2.66. The largest absolute Gasteiger partial charge is 0.496 e. The van der Waals surface area contributed by atoms with Crippen molar-refractivity contribution in [2.24, 2.45) is 0 Å². The number of rotatable bonds is 8. The standard InChI is InChI=1S/C21H26N2O3/c1-14-5-6-17-15(13-23-18(17)9-14)7-8-22-12-16-10-20(25-3)21(26-4)11-19(16)24-2/h5-6,9-11,13,22-23H,7-8,12H2,1-4H3. The van der Waals surface area contributed by atoms with E-state index in [0.29, 0.717) is 18.0 Å². The highest BCUT2D eigenvalue weighted by Gasteiger charge is 2.11. The Morgan fingerprint density at radius 1 is 0.885 bits per heavy atom. The Morgan fingerprint density at radius 2 is 1.62 bits per heavy atom. The first kappa shape index (κ1) is 18.1. The number of hydrogen-bond acceptors (Lipinski definition) is 4. The number of aromatic nitrogens is 1. The maximum Gasteiger partial charge on any atom is 0.164 e. The lowest BCUT2D eigenvalue weighted by Gasteiger charge is -2.14. The van der Waals surface area contributed by atoms with E-state index in [0.717, 1.165) is 24.3 Å². The topological polar surface area (TPSA) is 55.5 Å². The van der Waals surface area contributed by atoms with Gasteiger partial charge in [-0.3, -0.25) is 0 Å². The lowest BCUT2D eigenvalue weighted by Crippen LogP contribution is -2.17. The number of methoxy groups -OCH3 is 3. The quantitative estimate of drug-likeness (QED) is 0.604. The van der Waals surface area contributed by atoms with Gasteiger partial charge < -0.3 is 24.5 Å². The number of aromatic amines is 1. The van der Waals surface area contributed by atoms with Gasteiger partial charge in [0.05, 0.1) is 21.3 Å². The average Bonchev–Trinajstić information content (AvgIpc) is 3.06. The number of H-pyrrole nitrogens is 1. The summed E-state index contributed by atoms with van der Waals surface area (Å²) in [5, 5.41) is 4.78. The van der Waals surface area contributed by atoms with Crippen molar-refractivity contribution in [3.63, 3.8) is 0 Å². The normalized spacial score (nSPS) is 10.9. The van der Waals surface area contributed by atoms with Crippen LogP contribution in [0.2, 0.25) is 0 Å². The van der Waals surface area contributed by atoms with Crippen LogP contribution in [-0.4, -0.2) is 32.9 Å². The summed E-state index contributed by atoms with van der Waals surface area (Å²) < 4.78 is 16.2. The summed E-state index contributed by atoms with van der Waals surface area (Å²) in [4.78, 5) is 3.36. The SMILES string of the molecule is COc1cc(OC)c(OC)cc1CNCCc1c[nH]c2cc(C)ccc12. The zero-order valence-corrected chi connectivity index (χ0v) is 15.8. The van der Waals surface area contributed by atoms with E-state index in [1.54, 1.807) is 21.3 Å². The second-order valence-electron chi connectivity index (χ2n) is 6.31. The first-order valence-electron chi connectivity index (χ1n) is 8.72. The Labute approximate surface area is 154 Å². The van der Waals surface area contributed by atoms with Crippen molar-refractivity contribution < 1.29 is 14.2 Å². The zero-order chi connectivity index (χ0) is 18.5. The van der Waals surface area contributed by atoms with Crippen LogP contribution < -0.4 is 19.5 Å². The molecule has 138 valence electrons. The molecule has 0 spiro atoms. The van der Waals surface area contributed by atoms with Gasteiger partial charge >= 0.3 is 0 Å². The van der Waals surface area contributed by atoms with Gasteiger partial charge in [-0.15, -0.1) is 0 Å². The van der Waals surface area contributed by atoms with Crippen LogP contribution in [0.4, 0.5) is 0 Å². The van der Waals surface area contributed by atoms with E-state index < -0.39 is 0 Å². The highest BCUT2D eigenvalue weighted by atomic mass is 16.5. The fraction of sp³-hybridized carbons (Fsp3) is 0.333. The van der Waals surface area contributed by atoms with Crippen molar-refractivity contribution in [1.82, 2.24) is 10.3 Å². The van der Waals surface area contributed by atoms with Gasteiger partial charge in [-0.05, 0) is 43.1 Å². The molecule has 0 fully saturated rings. The molecular formula is C21H26N2O3. The summed E-state index contributed by atoms with van der Waals surface area (Å²) in [6.07, 6.45) is 3.06. The minimum atomic E-state index is 0.669. The van der Waals surface area contributed by atoms with Gasteiger partial charge in [0.15, 0.2) is 11.5 Å². The first-order chi connectivity index (χ1) is 12.7. The summed E-state index contributed by atoms with van der Waals surface area (Å²) in [7, 11) is 4.93. The summed E-state index contributed by atoms with van der Waals surface area (Å²) in [6, 6.07) is 10.3. The number of hydrogen-bond donors (Lipinski definition) is 2. The van der Waals surface area contributed by atoms with E-state index in [2.05, 4.69) is 41.6 Å². The minimum absolute atomic E-state index is 0.669. The van der Waals surface area contributed by atoms with Crippen LogP contribution in [0.1, 0.15) is 16.7 Å². The molecule has 2 N–H and O–H groups in total. The van der Waals surface area contributed by atoms with Gasteiger partial charge in [-0.2, -0.15) is 0 Å². The summed E-state index contributed by atoms with van der Waals surface area (Å²) in [5.41, 5.74) is 4.83. The summed E-state index contributed by atoms with van der Waals surface area (Å²) in [5.74, 6) is 2.16. The predicted octanol–water partition coefficient (Wildman–Crippen LogP) is 3.83. The highest BCUT2D eigenvalue weighted by molar-refractivity contribution is 5.83. The lowest BCUT2D eigenvalue weighted by atomic mass is 10.1. The van der Waals surface area contributed by atoms with E-state index in [1.165, 1.54) is 22.0 Å². The average molecular weight is 354 g/mol. The van der Waals surface area contributed by atoms with Crippen molar-refractivity contribution in [3.05, 3.63) is 53.2 Å². The molecule has 0 unspecified atom stereocenters. The van der Waals surface area contributed by atoms with E-state index in [4.69, 9.17) is 14.2 Å². The van der Waals surface area contributed by atoms with Crippen molar-refractivity contribution in [3.8, 4) is 17.2 Å². The van der Waals surface area contributed by atoms with Gasteiger partial charge in [0, 0.05) is 35.3 Å². The maximum absolute atomic E-state index is 5.48. The molecule has 0 aliphatic rings. The zero-order valence-electron chi connectivity index (χ0n) is 15.8. The molecular weight excluding hydrogens is 328 g/mol. The van der Waals surface area contributed by atoms with Gasteiger partial charge in [0.2, 0.25) is 0 Å². The molecule has 5 nitrogen and oxygen atoms in total. The first-order valence-corrected chi connectivity index (χ1v) is 8.72. The van der Waals surface area contributed by atoms with Crippen LogP contribution in [0.25, 0.3) is 10.9 Å². The molecule has 0 radical (unpaired) electrons. The van der Waals surface area contributed by atoms with Crippen molar-refractivity contribution >= 4 is 10.9 Å². The number of ether oxygens (including phenoxy) is 3. The third kappa shape index (κ3) is 3.78. The van der Waals surface area contributed by atoms with Gasteiger partial charge in [0.1, 0.15) is 5.75 Å². The Kier molecular flexibility index (Phi) is 5.68. The van der Waals surface area contributed by atoms with Crippen molar-refractivity contribution in [1.29, 1.82) is 0 Å². The van der Waals surface area contributed by atoms with Crippen LogP contribution in [0.5, 0.6) is 17.2 Å². The number of benzene rings is 2. The predicted molar refractivity (Wildman–Crippen MR) is 105 cm³/mol. The highest BCUT2D eigenvalue weighted by Crippen LogP contribution is 2.34. The molecule has 0 bridgehead atoms. The van der Waals surface area contributed by atoms with Gasteiger partial charge in [-0.1, -0.05) is 12.1 Å². The molecule has 1 aromatic heterocycles. The molecule has 3 rings (SSSR count).